The van der Waals surface area contributed by atoms with Gasteiger partial charge in [0.25, 0.3) is 0 Å². The topological polar surface area (TPSA) is 120 Å². The number of aromatic nitrogens is 3. The fourth-order valence-electron chi connectivity index (χ4n) is 3.46. The molecule has 194 valence electrons. The number of nitrogens with zero attached hydrogens (tertiary/aromatic N) is 3. The molecule has 0 aliphatic rings. The van der Waals surface area contributed by atoms with Crippen LogP contribution < -0.4 is 10.6 Å². The van der Waals surface area contributed by atoms with E-state index in [1.165, 1.54) is 30.3 Å². The second kappa shape index (κ2) is 10.2. The van der Waals surface area contributed by atoms with Crippen molar-refractivity contribution >= 4 is 33.9 Å². The Morgan fingerprint density at radius 3 is 2.35 bits per heavy atom. The van der Waals surface area contributed by atoms with Gasteiger partial charge in [-0.15, -0.1) is 0 Å². The molecular formula is C23H18F5N5O3S. The van der Waals surface area contributed by atoms with Gasteiger partial charge in [-0.25, -0.2) is 23.0 Å². The zero-order chi connectivity index (χ0) is 26.9. The van der Waals surface area contributed by atoms with E-state index in [-0.39, 0.29) is 39.0 Å². The van der Waals surface area contributed by atoms with Crippen molar-refractivity contribution in [3.8, 4) is 17.0 Å². The summed E-state index contributed by atoms with van der Waals surface area (Å²) in [4.78, 5) is 12.4. The van der Waals surface area contributed by atoms with Crippen LogP contribution in [0, 0.1) is 11.6 Å². The molecule has 8 nitrogen and oxygen atoms in total. The van der Waals surface area contributed by atoms with E-state index in [9.17, 15) is 35.8 Å². The van der Waals surface area contributed by atoms with Crippen molar-refractivity contribution in [2.75, 3.05) is 17.2 Å². The minimum absolute atomic E-state index is 0.0310. The molecule has 0 saturated carbocycles. The first-order valence-corrected chi connectivity index (χ1v) is 11.7. The molecule has 0 radical (unpaired) electrons. The molecule has 2 atom stereocenters. The molecule has 0 aliphatic heterocycles. The molecule has 0 fully saturated rings. The summed E-state index contributed by atoms with van der Waals surface area (Å²) in [6, 6.07) is 8.96. The van der Waals surface area contributed by atoms with Gasteiger partial charge in [0.15, 0.2) is 16.9 Å². The highest BCUT2D eigenvalue weighted by atomic mass is 32.2. The van der Waals surface area contributed by atoms with E-state index < -0.39 is 47.2 Å². The number of phenols is 1. The lowest BCUT2D eigenvalue weighted by Gasteiger charge is -2.17. The zero-order valence-electron chi connectivity index (χ0n) is 18.8. The number of fused-ring (bicyclic) bond motifs is 1. The maximum absolute atomic E-state index is 13.6. The molecule has 4 N–H and O–H groups in total. The lowest BCUT2D eigenvalue weighted by atomic mass is 10.1. The number of aromatic hydroxyl groups is 1. The second-order valence-electron chi connectivity index (χ2n) is 7.93. The molecule has 0 amide bonds. The number of hydrogen-bond acceptors (Lipinski definition) is 7. The van der Waals surface area contributed by atoms with Crippen LogP contribution in [-0.4, -0.2) is 41.5 Å². The summed E-state index contributed by atoms with van der Waals surface area (Å²) >= 11 is -2.49. The van der Waals surface area contributed by atoms with Crippen molar-refractivity contribution in [1.29, 1.82) is 0 Å². The van der Waals surface area contributed by atoms with Crippen LogP contribution in [0.15, 0.2) is 53.4 Å². The van der Waals surface area contributed by atoms with Crippen LogP contribution in [-0.2, 0) is 11.1 Å². The Morgan fingerprint density at radius 1 is 1.00 bits per heavy atom. The maximum Gasteiger partial charge on any atom is 0.405 e. The van der Waals surface area contributed by atoms with Crippen LogP contribution in [0.3, 0.4) is 0 Å². The van der Waals surface area contributed by atoms with Gasteiger partial charge in [-0.1, -0.05) is 0 Å². The normalized spacial score (nSPS) is 13.4. The van der Waals surface area contributed by atoms with Crippen LogP contribution in [0.25, 0.3) is 22.3 Å². The number of benzene rings is 2. The first-order valence-electron chi connectivity index (χ1n) is 10.6. The zero-order valence-corrected chi connectivity index (χ0v) is 19.7. The molecule has 2 aromatic carbocycles. The fourth-order valence-corrected chi connectivity index (χ4v) is 3.94. The number of alkyl halides is 3. The average Bonchev–Trinajstić information content (AvgIpc) is 2.81. The van der Waals surface area contributed by atoms with Crippen molar-refractivity contribution in [2.24, 2.45) is 0 Å². The molecule has 4 aromatic rings. The smallest absolute Gasteiger partial charge is 0.405 e. The van der Waals surface area contributed by atoms with Crippen molar-refractivity contribution in [1.82, 2.24) is 15.0 Å². The highest BCUT2D eigenvalue weighted by molar-refractivity contribution is 7.79. The number of phenolic OH excluding ortho intramolecular Hbond substituents is 1. The number of anilines is 2. The first-order chi connectivity index (χ1) is 17.4. The first kappa shape index (κ1) is 26.2. The molecule has 2 heterocycles. The highest BCUT2D eigenvalue weighted by Gasteiger charge is 2.28. The van der Waals surface area contributed by atoms with Crippen molar-refractivity contribution in [3.05, 3.63) is 65.7 Å². The quantitative estimate of drug-likeness (QED) is 0.182. The van der Waals surface area contributed by atoms with Crippen LogP contribution in [0.5, 0.6) is 5.75 Å². The second-order valence-corrected chi connectivity index (χ2v) is 8.87. The molecule has 2 unspecified atom stereocenters. The molecule has 0 bridgehead atoms. The Kier molecular flexibility index (Phi) is 7.23. The van der Waals surface area contributed by atoms with E-state index in [1.807, 2.05) is 0 Å². The van der Waals surface area contributed by atoms with Gasteiger partial charge < -0.3 is 20.3 Å². The Hall–Kier alpha value is -3.91. The Labute approximate surface area is 208 Å². The summed E-state index contributed by atoms with van der Waals surface area (Å²) in [5.74, 6) is -2.39. The molecule has 2 aromatic heterocycles. The summed E-state index contributed by atoms with van der Waals surface area (Å²) in [5, 5.41) is 14.8. The lowest BCUT2D eigenvalue weighted by Crippen LogP contribution is -2.22. The lowest BCUT2D eigenvalue weighted by molar-refractivity contribution is -0.115. The number of nitrogens with one attached hydrogen (secondary N) is 2. The standard InChI is InChI=1S/C23H18F5N5O3S/c1-11(13-6-14(24)9-15(25)7-13)30-22-32-17-4-3-16(12-2-5-18(34)19(8-12)37(35)36)31-20(17)21(33-22)29-10-23(26,27)28/h2-9,11,34H,10H2,1H3,(H,35,36)(H2,29,30,32,33). The molecule has 0 aliphatic carbocycles. The Morgan fingerprint density at radius 2 is 1.70 bits per heavy atom. The van der Waals surface area contributed by atoms with Crippen LogP contribution >= 0.6 is 0 Å². The van der Waals surface area contributed by atoms with E-state index in [0.717, 1.165) is 12.1 Å². The minimum Gasteiger partial charge on any atom is -0.507 e. The molecular weight excluding hydrogens is 521 g/mol. The third kappa shape index (κ3) is 6.27. The number of halogens is 5. The molecule has 0 spiro atoms. The molecule has 37 heavy (non-hydrogen) atoms. The van der Waals surface area contributed by atoms with Gasteiger partial charge in [-0.2, -0.15) is 18.2 Å². The predicted molar refractivity (Wildman–Crippen MR) is 126 cm³/mol. The summed E-state index contributed by atoms with van der Waals surface area (Å²) in [7, 11) is 0. The van der Waals surface area contributed by atoms with E-state index >= 15 is 0 Å². The Balaban J connectivity index is 1.76. The third-order valence-corrected chi connectivity index (χ3v) is 5.88. The van der Waals surface area contributed by atoms with Crippen molar-refractivity contribution in [2.45, 2.75) is 24.0 Å². The molecule has 4 rings (SSSR count). The van der Waals surface area contributed by atoms with Gasteiger partial charge in [0, 0.05) is 11.6 Å². The van der Waals surface area contributed by atoms with Gasteiger partial charge in [-0.3, -0.25) is 0 Å². The number of hydrogen-bond donors (Lipinski definition) is 4. The van der Waals surface area contributed by atoms with Gasteiger partial charge in [-0.05, 0) is 55.0 Å². The Bertz CT molecular complexity index is 1480. The van der Waals surface area contributed by atoms with Crippen molar-refractivity contribution < 1.29 is 35.8 Å². The highest BCUT2D eigenvalue weighted by Crippen LogP contribution is 2.30. The minimum atomic E-state index is -4.58. The predicted octanol–water partition coefficient (Wildman–Crippen LogP) is 5.40. The summed E-state index contributed by atoms with van der Waals surface area (Å²) in [6.07, 6.45) is -4.58. The monoisotopic (exact) mass is 539 g/mol. The summed E-state index contributed by atoms with van der Waals surface area (Å²) < 4.78 is 86.9. The van der Waals surface area contributed by atoms with Gasteiger partial charge >= 0.3 is 6.18 Å². The molecule has 14 heteroatoms. The van der Waals surface area contributed by atoms with E-state index in [4.69, 9.17) is 0 Å². The van der Waals surface area contributed by atoms with Crippen molar-refractivity contribution in [3.63, 3.8) is 0 Å². The van der Waals surface area contributed by atoms with Crippen LogP contribution in [0.2, 0.25) is 0 Å². The van der Waals surface area contributed by atoms with E-state index in [1.54, 1.807) is 6.92 Å². The molecule has 0 saturated heterocycles. The summed E-state index contributed by atoms with van der Waals surface area (Å²) in [5.41, 5.74) is 0.860. The third-order valence-electron chi connectivity index (χ3n) is 5.17. The largest absolute Gasteiger partial charge is 0.507 e. The SMILES string of the molecule is CC(Nc1nc(NCC(F)(F)F)c2nc(-c3ccc(O)c(S(=O)O)c3)ccc2n1)c1cc(F)cc(F)c1. The van der Waals surface area contributed by atoms with Crippen LogP contribution in [0.4, 0.5) is 33.7 Å². The maximum atomic E-state index is 13.6. The van der Waals surface area contributed by atoms with Gasteiger partial charge in [0.05, 0.1) is 17.3 Å². The van der Waals surface area contributed by atoms with Gasteiger partial charge in [0.2, 0.25) is 5.95 Å². The van der Waals surface area contributed by atoms with Gasteiger partial charge in [0.1, 0.15) is 34.3 Å². The fraction of sp³-hybridized carbons (Fsp3) is 0.174. The van der Waals surface area contributed by atoms with E-state index in [2.05, 4.69) is 25.6 Å². The number of rotatable bonds is 7. The number of pyridine rings is 1. The average molecular weight is 539 g/mol. The summed E-state index contributed by atoms with van der Waals surface area (Å²) in [6.45, 7) is 0.140. The van der Waals surface area contributed by atoms with Crippen LogP contribution in [0.1, 0.15) is 18.5 Å². The van der Waals surface area contributed by atoms with E-state index in [0.29, 0.717) is 11.6 Å².